The van der Waals surface area contributed by atoms with Gasteiger partial charge in [0, 0.05) is 6.04 Å². The number of aromatic nitrogens is 2. The average molecular weight is 240 g/mol. The van der Waals surface area contributed by atoms with E-state index in [1.165, 1.54) is 20.2 Å². The Morgan fingerprint density at radius 2 is 2.24 bits per heavy atom. The lowest BCUT2D eigenvalue weighted by Gasteiger charge is -2.21. The van der Waals surface area contributed by atoms with Crippen LogP contribution in [-0.2, 0) is 0 Å². The normalized spacial score (nSPS) is 14.8. The van der Waals surface area contributed by atoms with Gasteiger partial charge in [-0.25, -0.2) is 0 Å². The molecule has 0 saturated heterocycles. The molecule has 0 saturated carbocycles. The SMILES string of the molecule is CCC(C)(O)C(=O)c1c(OC)cnn1C(C)C. The van der Waals surface area contributed by atoms with Crippen LogP contribution in [0.4, 0.5) is 0 Å². The lowest BCUT2D eigenvalue weighted by atomic mass is 9.95. The van der Waals surface area contributed by atoms with Gasteiger partial charge in [0.15, 0.2) is 5.75 Å². The molecular weight excluding hydrogens is 220 g/mol. The van der Waals surface area contributed by atoms with Crippen molar-refractivity contribution in [1.29, 1.82) is 0 Å². The molecule has 1 unspecified atom stereocenters. The van der Waals surface area contributed by atoms with E-state index < -0.39 is 5.60 Å². The summed E-state index contributed by atoms with van der Waals surface area (Å²) in [5, 5.41) is 14.2. The summed E-state index contributed by atoms with van der Waals surface area (Å²) in [7, 11) is 1.49. The maximum atomic E-state index is 12.3. The first-order valence-electron chi connectivity index (χ1n) is 5.73. The molecule has 5 heteroatoms. The molecule has 1 atom stereocenters. The van der Waals surface area contributed by atoms with Crippen molar-refractivity contribution in [3.8, 4) is 5.75 Å². The molecule has 1 heterocycles. The molecular formula is C12H20N2O3. The molecule has 1 aromatic heterocycles. The van der Waals surface area contributed by atoms with Crippen molar-refractivity contribution in [3.05, 3.63) is 11.9 Å². The van der Waals surface area contributed by atoms with Crippen molar-refractivity contribution in [2.24, 2.45) is 0 Å². The second kappa shape index (κ2) is 4.87. The van der Waals surface area contributed by atoms with Crippen molar-refractivity contribution in [2.75, 3.05) is 7.11 Å². The molecule has 1 N–H and O–H groups in total. The molecule has 1 aromatic rings. The number of carbonyl (C=O) groups is 1. The van der Waals surface area contributed by atoms with Crippen LogP contribution < -0.4 is 4.74 Å². The van der Waals surface area contributed by atoms with E-state index in [1.807, 2.05) is 13.8 Å². The van der Waals surface area contributed by atoms with Crippen LogP contribution in [0.25, 0.3) is 0 Å². The van der Waals surface area contributed by atoms with Crippen LogP contribution in [0.15, 0.2) is 6.20 Å². The zero-order valence-electron chi connectivity index (χ0n) is 11.0. The van der Waals surface area contributed by atoms with Crippen LogP contribution in [0.2, 0.25) is 0 Å². The Hall–Kier alpha value is -1.36. The van der Waals surface area contributed by atoms with Crippen LogP contribution in [-0.4, -0.2) is 33.4 Å². The Bertz CT molecular complexity index is 408. The maximum absolute atomic E-state index is 12.3. The Kier molecular flexibility index (Phi) is 3.93. The van der Waals surface area contributed by atoms with Crippen LogP contribution in [0, 0.1) is 0 Å². The van der Waals surface area contributed by atoms with Crippen LogP contribution in [0.1, 0.15) is 50.6 Å². The first kappa shape index (κ1) is 13.7. The highest BCUT2D eigenvalue weighted by atomic mass is 16.5. The molecule has 0 aliphatic heterocycles. The predicted octanol–water partition coefficient (Wildman–Crippen LogP) is 1.82. The van der Waals surface area contributed by atoms with Gasteiger partial charge >= 0.3 is 0 Å². The molecule has 0 aromatic carbocycles. The van der Waals surface area contributed by atoms with E-state index in [9.17, 15) is 9.90 Å². The third-order valence-electron chi connectivity index (χ3n) is 2.86. The highest BCUT2D eigenvalue weighted by Gasteiger charge is 2.34. The number of hydrogen-bond donors (Lipinski definition) is 1. The monoisotopic (exact) mass is 240 g/mol. The summed E-state index contributed by atoms with van der Waals surface area (Å²) in [4.78, 5) is 12.3. The zero-order chi connectivity index (χ0) is 13.2. The highest BCUT2D eigenvalue weighted by Crippen LogP contribution is 2.26. The van der Waals surface area contributed by atoms with Gasteiger partial charge in [-0.2, -0.15) is 5.10 Å². The number of ketones is 1. The second-order valence-corrected chi connectivity index (χ2v) is 4.56. The van der Waals surface area contributed by atoms with Crippen LogP contribution in [0.3, 0.4) is 0 Å². The van der Waals surface area contributed by atoms with Gasteiger partial charge in [-0.1, -0.05) is 6.92 Å². The van der Waals surface area contributed by atoms with Crippen molar-refractivity contribution < 1.29 is 14.6 Å². The molecule has 0 radical (unpaired) electrons. The van der Waals surface area contributed by atoms with E-state index in [2.05, 4.69) is 5.10 Å². The average Bonchev–Trinajstić information content (AvgIpc) is 2.71. The van der Waals surface area contributed by atoms with E-state index in [0.29, 0.717) is 17.9 Å². The van der Waals surface area contributed by atoms with Crippen LogP contribution in [0.5, 0.6) is 5.75 Å². The summed E-state index contributed by atoms with van der Waals surface area (Å²) < 4.78 is 6.70. The first-order chi connectivity index (χ1) is 7.85. The summed E-state index contributed by atoms with van der Waals surface area (Å²) in [6, 6.07) is 0.0329. The second-order valence-electron chi connectivity index (χ2n) is 4.56. The molecule has 0 fully saturated rings. The number of methoxy groups -OCH3 is 1. The Morgan fingerprint density at radius 1 is 1.65 bits per heavy atom. The van der Waals surface area contributed by atoms with Crippen molar-refractivity contribution in [3.63, 3.8) is 0 Å². The van der Waals surface area contributed by atoms with Crippen molar-refractivity contribution in [1.82, 2.24) is 9.78 Å². The van der Waals surface area contributed by atoms with Crippen molar-refractivity contribution >= 4 is 5.78 Å². The van der Waals surface area contributed by atoms with Gasteiger partial charge in [-0.05, 0) is 27.2 Å². The minimum absolute atomic E-state index is 0.0329. The summed E-state index contributed by atoms with van der Waals surface area (Å²) in [5.74, 6) is 0.0421. The van der Waals surface area contributed by atoms with Gasteiger partial charge in [0.2, 0.25) is 5.78 Å². The third-order valence-corrected chi connectivity index (χ3v) is 2.86. The van der Waals surface area contributed by atoms with Gasteiger partial charge in [-0.3, -0.25) is 9.48 Å². The van der Waals surface area contributed by atoms with E-state index in [1.54, 1.807) is 11.6 Å². The molecule has 0 aliphatic rings. The number of carbonyl (C=O) groups excluding carboxylic acids is 1. The zero-order valence-corrected chi connectivity index (χ0v) is 11.0. The fraction of sp³-hybridized carbons (Fsp3) is 0.667. The molecule has 0 bridgehead atoms. The number of Topliss-reactive ketones (excluding diaryl/α,β-unsaturated/α-hetero) is 1. The molecule has 17 heavy (non-hydrogen) atoms. The predicted molar refractivity (Wildman–Crippen MR) is 64.4 cm³/mol. The maximum Gasteiger partial charge on any atom is 0.215 e. The smallest absolute Gasteiger partial charge is 0.215 e. The Balaban J connectivity index is 3.28. The minimum Gasteiger partial charge on any atom is -0.493 e. The number of rotatable bonds is 5. The quantitative estimate of drug-likeness (QED) is 0.797. The third kappa shape index (κ3) is 2.49. The summed E-state index contributed by atoms with van der Waals surface area (Å²) in [6.45, 7) is 7.11. The molecule has 0 aliphatic carbocycles. The largest absolute Gasteiger partial charge is 0.493 e. The number of ether oxygens (including phenoxy) is 1. The number of aliphatic hydroxyl groups is 1. The van der Waals surface area contributed by atoms with Gasteiger partial charge in [-0.15, -0.1) is 0 Å². The molecule has 1 rings (SSSR count). The lowest BCUT2D eigenvalue weighted by Crippen LogP contribution is -2.36. The van der Waals surface area contributed by atoms with E-state index >= 15 is 0 Å². The summed E-state index contributed by atoms with van der Waals surface area (Å²) in [6.07, 6.45) is 1.84. The van der Waals surface area contributed by atoms with Gasteiger partial charge < -0.3 is 9.84 Å². The van der Waals surface area contributed by atoms with Gasteiger partial charge in [0.1, 0.15) is 11.3 Å². The van der Waals surface area contributed by atoms with Gasteiger partial charge in [0.05, 0.1) is 13.3 Å². The van der Waals surface area contributed by atoms with Crippen molar-refractivity contribution in [2.45, 2.75) is 45.8 Å². The standard InChI is InChI=1S/C12H20N2O3/c1-6-12(4,16)11(15)10-9(17-5)7-13-14(10)8(2)3/h7-8,16H,6H2,1-5H3. The number of nitrogens with zero attached hydrogens (tertiary/aromatic N) is 2. The summed E-state index contributed by atoms with van der Waals surface area (Å²) >= 11 is 0. The molecule has 5 nitrogen and oxygen atoms in total. The lowest BCUT2D eigenvalue weighted by molar-refractivity contribution is 0.0374. The van der Waals surface area contributed by atoms with E-state index in [-0.39, 0.29) is 11.8 Å². The number of hydrogen-bond acceptors (Lipinski definition) is 4. The topological polar surface area (TPSA) is 64.3 Å². The fourth-order valence-corrected chi connectivity index (χ4v) is 1.52. The van der Waals surface area contributed by atoms with E-state index in [0.717, 1.165) is 0 Å². The summed E-state index contributed by atoms with van der Waals surface area (Å²) in [5.41, 5.74) is -1.06. The molecule has 96 valence electrons. The Labute approximate surface area is 101 Å². The molecule has 0 spiro atoms. The highest BCUT2D eigenvalue weighted by molar-refractivity contribution is 6.02. The minimum atomic E-state index is -1.39. The fourth-order valence-electron chi connectivity index (χ4n) is 1.52. The van der Waals surface area contributed by atoms with Crippen LogP contribution >= 0.6 is 0 Å². The first-order valence-corrected chi connectivity index (χ1v) is 5.73. The Morgan fingerprint density at radius 3 is 2.65 bits per heavy atom. The van der Waals surface area contributed by atoms with Gasteiger partial charge in [0.25, 0.3) is 0 Å². The van der Waals surface area contributed by atoms with E-state index in [4.69, 9.17) is 4.74 Å². The molecule has 0 amide bonds.